The minimum Gasteiger partial charge on any atom is -0.339 e. The Hall–Kier alpha value is -1.20. The quantitative estimate of drug-likeness (QED) is 0.826. The van der Waals surface area contributed by atoms with Crippen LogP contribution in [0.25, 0.3) is 0 Å². The molecule has 1 aromatic rings. The number of halogens is 1. The molecule has 1 fully saturated rings. The average molecular weight is 269 g/mol. The summed E-state index contributed by atoms with van der Waals surface area (Å²) in [5.41, 5.74) is 0.336. The number of rotatable bonds is 4. The van der Waals surface area contributed by atoms with E-state index >= 15 is 0 Å². The van der Waals surface area contributed by atoms with Crippen LogP contribution in [-0.4, -0.2) is 59.1 Å². The van der Waals surface area contributed by atoms with E-state index in [-0.39, 0.29) is 5.91 Å². The first-order valence-corrected chi connectivity index (χ1v) is 6.51. The van der Waals surface area contributed by atoms with Gasteiger partial charge in [0.15, 0.2) is 10.8 Å². The van der Waals surface area contributed by atoms with Gasteiger partial charge in [0.25, 0.3) is 5.91 Å². The van der Waals surface area contributed by atoms with Crippen molar-refractivity contribution in [2.24, 2.45) is 0 Å². The van der Waals surface area contributed by atoms with Gasteiger partial charge >= 0.3 is 0 Å². The molecular weight excluding hydrogens is 252 g/mol. The molecule has 0 radical (unpaired) electrons. The molecule has 1 aliphatic rings. The molecule has 0 bridgehead atoms. The fraction of sp³-hybridized carbons (Fsp3) is 0.583. The molecular formula is C12H17ClN4O. The third kappa shape index (κ3) is 3.40. The molecule has 98 valence electrons. The van der Waals surface area contributed by atoms with Crippen molar-refractivity contribution < 1.29 is 4.79 Å². The Morgan fingerprint density at radius 3 is 2.72 bits per heavy atom. The number of likely N-dealkylation sites (N-methyl/N-ethyl adjacent to an activating group) is 1. The summed E-state index contributed by atoms with van der Waals surface area (Å²) in [4.78, 5) is 16.1. The highest BCUT2D eigenvalue weighted by Gasteiger charge is 2.16. The van der Waals surface area contributed by atoms with Crippen LogP contribution in [0, 0.1) is 0 Å². The molecule has 2 heterocycles. The van der Waals surface area contributed by atoms with Gasteiger partial charge in [0, 0.05) is 20.1 Å². The van der Waals surface area contributed by atoms with Crippen LogP contribution < -0.4 is 0 Å². The van der Waals surface area contributed by atoms with Gasteiger partial charge in [-0.05, 0) is 38.1 Å². The minimum absolute atomic E-state index is 0.113. The number of likely N-dealkylation sites (tertiary alicyclic amines) is 1. The van der Waals surface area contributed by atoms with Crippen molar-refractivity contribution in [2.45, 2.75) is 12.8 Å². The van der Waals surface area contributed by atoms with E-state index in [4.69, 9.17) is 11.6 Å². The van der Waals surface area contributed by atoms with E-state index in [2.05, 4.69) is 15.1 Å². The third-order valence-corrected chi connectivity index (χ3v) is 3.35. The lowest BCUT2D eigenvalue weighted by Gasteiger charge is -2.21. The van der Waals surface area contributed by atoms with Crippen LogP contribution in [0.2, 0.25) is 5.15 Å². The molecule has 0 spiro atoms. The predicted molar refractivity (Wildman–Crippen MR) is 69.7 cm³/mol. The van der Waals surface area contributed by atoms with E-state index in [0.717, 1.165) is 19.6 Å². The Morgan fingerprint density at radius 2 is 2.11 bits per heavy atom. The lowest BCUT2D eigenvalue weighted by Crippen LogP contribution is -2.35. The number of aromatic nitrogens is 2. The zero-order valence-corrected chi connectivity index (χ0v) is 11.2. The lowest BCUT2D eigenvalue weighted by atomic mass is 10.3. The zero-order chi connectivity index (χ0) is 13.0. The van der Waals surface area contributed by atoms with Crippen molar-refractivity contribution in [3.8, 4) is 0 Å². The number of hydrogen-bond donors (Lipinski definition) is 0. The zero-order valence-electron chi connectivity index (χ0n) is 10.5. The Kier molecular flexibility index (Phi) is 4.49. The van der Waals surface area contributed by atoms with Crippen LogP contribution in [0.3, 0.4) is 0 Å². The average Bonchev–Trinajstić information content (AvgIpc) is 2.89. The van der Waals surface area contributed by atoms with E-state index in [0.29, 0.717) is 17.4 Å². The molecule has 0 aromatic carbocycles. The lowest BCUT2D eigenvalue weighted by molar-refractivity contribution is 0.0775. The fourth-order valence-corrected chi connectivity index (χ4v) is 2.13. The molecule has 0 atom stereocenters. The highest BCUT2D eigenvalue weighted by molar-refractivity contribution is 6.29. The molecule has 1 aromatic heterocycles. The number of carbonyl (C=O) groups is 1. The fourth-order valence-electron chi connectivity index (χ4n) is 2.02. The molecule has 0 N–H and O–H groups in total. The van der Waals surface area contributed by atoms with Gasteiger partial charge in [0.05, 0.1) is 0 Å². The Balaban J connectivity index is 1.85. The maximum Gasteiger partial charge on any atom is 0.274 e. The summed E-state index contributed by atoms with van der Waals surface area (Å²) in [6.45, 7) is 3.91. The Bertz CT molecular complexity index is 403. The van der Waals surface area contributed by atoms with Crippen LogP contribution in [-0.2, 0) is 0 Å². The summed E-state index contributed by atoms with van der Waals surface area (Å²) in [5.74, 6) is -0.113. The van der Waals surface area contributed by atoms with Gasteiger partial charge in [0.2, 0.25) is 0 Å². The van der Waals surface area contributed by atoms with Crippen LogP contribution in [0.5, 0.6) is 0 Å². The van der Waals surface area contributed by atoms with E-state index in [1.54, 1.807) is 24.1 Å². The van der Waals surface area contributed by atoms with Crippen LogP contribution >= 0.6 is 11.6 Å². The van der Waals surface area contributed by atoms with E-state index in [1.807, 2.05) is 0 Å². The Labute approximate surface area is 112 Å². The second-order valence-corrected chi connectivity index (χ2v) is 4.90. The van der Waals surface area contributed by atoms with Crippen molar-refractivity contribution in [1.29, 1.82) is 0 Å². The van der Waals surface area contributed by atoms with Crippen LogP contribution in [0.4, 0.5) is 0 Å². The third-order valence-electron chi connectivity index (χ3n) is 3.15. The summed E-state index contributed by atoms with van der Waals surface area (Å²) < 4.78 is 0. The molecule has 1 saturated heterocycles. The summed E-state index contributed by atoms with van der Waals surface area (Å²) in [7, 11) is 1.79. The highest BCUT2D eigenvalue weighted by atomic mass is 35.5. The standard InChI is InChI=1S/C12H17ClN4O/c1-16(8-9-17-6-2-3-7-17)12(18)10-4-5-11(13)15-14-10/h4-5H,2-3,6-9H2,1H3. The maximum atomic E-state index is 12.0. The number of amides is 1. The molecule has 1 amide bonds. The van der Waals surface area contributed by atoms with Crippen molar-refractivity contribution >= 4 is 17.5 Å². The normalized spacial score (nSPS) is 15.9. The van der Waals surface area contributed by atoms with Gasteiger partial charge in [-0.3, -0.25) is 4.79 Å². The molecule has 5 nitrogen and oxygen atoms in total. The molecule has 18 heavy (non-hydrogen) atoms. The van der Waals surface area contributed by atoms with Gasteiger partial charge in [0.1, 0.15) is 0 Å². The van der Waals surface area contributed by atoms with Crippen molar-refractivity contribution in [3.63, 3.8) is 0 Å². The first kappa shape index (κ1) is 13.2. The molecule has 0 unspecified atom stereocenters. The largest absolute Gasteiger partial charge is 0.339 e. The second-order valence-electron chi connectivity index (χ2n) is 4.52. The van der Waals surface area contributed by atoms with Gasteiger partial charge in [-0.15, -0.1) is 10.2 Å². The Morgan fingerprint density at radius 1 is 1.39 bits per heavy atom. The summed E-state index contributed by atoms with van der Waals surface area (Å²) >= 11 is 5.64. The molecule has 1 aliphatic heterocycles. The molecule has 0 aliphatic carbocycles. The first-order valence-electron chi connectivity index (χ1n) is 6.14. The predicted octanol–water partition coefficient (Wildman–Crippen LogP) is 1.30. The summed E-state index contributed by atoms with van der Waals surface area (Å²) in [6, 6.07) is 3.18. The maximum absolute atomic E-state index is 12.0. The van der Waals surface area contributed by atoms with Crippen molar-refractivity contribution in [1.82, 2.24) is 20.0 Å². The second kappa shape index (κ2) is 6.11. The van der Waals surface area contributed by atoms with Crippen LogP contribution in [0.1, 0.15) is 23.3 Å². The molecule has 6 heteroatoms. The van der Waals surface area contributed by atoms with E-state index in [1.165, 1.54) is 12.8 Å². The van der Waals surface area contributed by atoms with Gasteiger partial charge in [-0.2, -0.15) is 0 Å². The van der Waals surface area contributed by atoms with Gasteiger partial charge in [-0.1, -0.05) is 11.6 Å². The number of hydrogen-bond acceptors (Lipinski definition) is 4. The smallest absolute Gasteiger partial charge is 0.274 e. The first-order chi connectivity index (χ1) is 8.66. The van der Waals surface area contributed by atoms with E-state index < -0.39 is 0 Å². The topological polar surface area (TPSA) is 49.3 Å². The SMILES string of the molecule is CN(CCN1CCCC1)C(=O)c1ccc(Cl)nn1. The van der Waals surface area contributed by atoms with Gasteiger partial charge < -0.3 is 9.80 Å². The summed E-state index contributed by atoms with van der Waals surface area (Å²) in [6.07, 6.45) is 2.53. The van der Waals surface area contributed by atoms with Crippen molar-refractivity contribution in [2.75, 3.05) is 33.2 Å². The van der Waals surface area contributed by atoms with Crippen LogP contribution in [0.15, 0.2) is 12.1 Å². The minimum atomic E-state index is -0.113. The summed E-state index contributed by atoms with van der Waals surface area (Å²) in [5, 5.41) is 7.77. The monoisotopic (exact) mass is 268 g/mol. The number of carbonyl (C=O) groups excluding carboxylic acids is 1. The highest BCUT2D eigenvalue weighted by Crippen LogP contribution is 2.08. The van der Waals surface area contributed by atoms with E-state index in [9.17, 15) is 4.79 Å². The van der Waals surface area contributed by atoms with Crippen molar-refractivity contribution in [3.05, 3.63) is 23.0 Å². The van der Waals surface area contributed by atoms with Gasteiger partial charge in [-0.25, -0.2) is 0 Å². The molecule has 2 rings (SSSR count). The number of nitrogens with zero attached hydrogens (tertiary/aromatic N) is 4. The molecule has 0 saturated carbocycles.